The summed E-state index contributed by atoms with van der Waals surface area (Å²) >= 11 is 0.832. The lowest BCUT2D eigenvalue weighted by Crippen LogP contribution is -2.15. The van der Waals surface area contributed by atoms with E-state index in [0.29, 0.717) is 6.61 Å². The first-order valence-electron chi connectivity index (χ1n) is 4.85. The van der Waals surface area contributed by atoms with Gasteiger partial charge in [0.05, 0.1) is 6.61 Å². The van der Waals surface area contributed by atoms with Crippen LogP contribution in [0.2, 0.25) is 0 Å². The Balaban J connectivity index is 2.52. The van der Waals surface area contributed by atoms with Crippen molar-refractivity contribution in [3.05, 3.63) is 5.38 Å². The van der Waals surface area contributed by atoms with Crippen LogP contribution in [0, 0.1) is 0 Å². The number of primary sulfonamides is 1. The molecular weight excluding hydrogens is 266 g/mol. The van der Waals surface area contributed by atoms with E-state index >= 15 is 0 Å². The van der Waals surface area contributed by atoms with E-state index in [1.165, 1.54) is 5.38 Å². The summed E-state index contributed by atoms with van der Waals surface area (Å²) in [5.74, 6) is 0.112. The van der Waals surface area contributed by atoms with E-state index in [1.807, 2.05) is 6.92 Å². The molecule has 1 heterocycles. The van der Waals surface area contributed by atoms with E-state index in [2.05, 4.69) is 10.3 Å². The number of nitrogens with zero attached hydrogens (tertiary/aromatic N) is 1. The van der Waals surface area contributed by atoms with Crippen molar-refractivity contribution in [3.8, 4) is 0 Å². The summed E-state index contributed by atoms with van der Waals surface area (Å²) in [6.45, 7) is 2.29. The zero-order chi connectivity index (χ0) is 12.9. The van der Waals surface area contributed by atoms with Crippen LogP contribution in [0.3, 0.4) is 0 Å². The standard InChI is InChI=1S/C8H13N3O4S2/c1-2-3-4-15-7(12)10-6-5-16-8(11-6)17(9,13)14/h5H,2-4H2,1H3,(H,10,12)(H2,9,13,14). The van der Waals surface area contributed by atoms with Crippen molar-refractivity contribution in [1.82, 2.24) is 4.98 Å². The third-order valence-electron chi connectivity index (χ3n) is 1.69. The van der Waals surface area contributed by atoms with Gasteiger partial charge in [0.15, 0.2) is 0 Å². The van der Waals surface area contributed by atoms with Gasteiger partial charge in [-0.15, -0.1) is 11.3 Å². The minimum Gasteiger partial charge on any atom is -0.449 e. The molecule has 0 atom stereocenters. The first-order chi connectivity index (χ1) is 7.93. The minimum absolute atomic E-state index is 0.112. The van der Waals surface area contributed by atoms with Crippen LogP contribution in [0.4, 0.5) is 10.6 Å². The van der Waals surface area contributed by atoms with Crippen LogP contribution < -0.4 is 10.5 Å². The van der Waals surface area contributed by atoms with Crippen molar-refractivity contribution in [1.29, 1.82) is 0 Å². The Kier molecular flexibility index (Phi) is 4.85. The molecule has 1 rings (SSSR count). The molecule has 7 nitrogen and oxygen atoms in total. The van der Waals surface area contributed by atoms with Crippen molar-refractivity contribution in [2.75, 3.05) is 11.9 Å². The molecule has 96 valence electrons. The van der Waals surface area contributed by atoms with Crippen LogP contribution >= 0.6 is 11.3 Å². The van der Waals surface area contributed by atoms with Crippen molar-refractivity contribution < 1.29 is 17.9 Å². The number of nitrogens with two attached hydrogens (primary N) is 1. The lowest BCUT2D eigenvalue weighted by atomic mass is 10.4. The first-order valence-corrected chi connectivity index (χ1v) is 7.28. The molecule has 0 radical (unpaired) electrons. The maximum absolute atomic E-state index is 11.2. The molecule has 0 bridgehead atoms. The smallest absolute Gasteiger partial charge is 0.412 e. The fourth-order valence-electron chi connectivity index (χ4n) is 0.895. The lowest BCUT2D eigenvalue weighted by Gasteiger charge is -2.03. The molecule has 1 amide bonds. The van der Waals surface area contributed by atoms with E-state index in [0.717, 1.165) is 24.2 Å². The number of carbonyl (C=O) groups excluding carboxylic acids is 1. The molecule has 1 aromatic rings. The maximum Gasteiger partial charge on any atom is 0.412 e. The predicted octanol–water partition coefficient (Wildman–Crippen LogP) is 1.14. The fraction of sp³-hybridized carbons (Fsp3) is 0.500. The second-order valence-corrected chi connectivity index (χ2v) is 5.75. The van der Waals surface area contributed by atoms with Gasteiger partial charge in [0, 0.05) is 5.38 Å². The van der Waals surface area contributed by atoms with E-state index in [9.17, 15) is 13.2 Å². The minimum atomic E-state index is -3.82. The number of aromatic nitrogens is 1. The van der Waals surface area contributed by atoms with Gasteiger partial charge >= 0.3 is 6.09 Å². The highest BCUT2D eigenvalue weighted by Crippen LogP contribution is 2.17. The zero-order valence-corrected chi connectivity index (χ0v) is 10.8. The first kappa shape index (κ1) is 13.9. The molecule has 0 aliphatic rings. The van der Waals surface area contributed by atoms with Crippen LogP contribution in [0.25, 0.3) is 0 Å². The SMILES string of the molecule is CCCCOC(=O)Nc1csc(S(N)(=O)=O)n1. The number of carbonyl (C=O) groups is 1. The van der Waals surface area contributed by atoms with Gasteiger partial charge in [-0.25, -0.2) is 23.3 Å². The van der Waals surface area contributed by atoms with Crippen LogP contribution in [-0.2, 0) is 14.8 Å². The Morgan fingerprint density at radius 1 is 1.65 bits per heavy atom. The van der Waals surface area contributed by atoms with Gasteiger partial charge in [-0.3, -0.25) is 5.32 Å². The quantitative estimate of drug-likeness (QED) is 0.785. The molecule has 0 aliphatic carbocycles. The fourth-order valence-corrected chi connectivity index (χ4v) is 2.28. The van der Waals surface area contributed by atoms with Crippen LogP contribution in [0.1, 0.15) is 19.8 Å². The number of amides is 1. The highest BCUT2D eigenvalue weighted by Gasteiger charge is 2.14. The number of sulfonamides is 1. The average Bonchev–Trinajstić information content (AvgIpc) is 2.66. The summed E-state index contributed by atoms with van der Waals surface area (Å²) in [7, 11) is -3.82. The molecule has 1 aromatic heterocycles. The number of unbranched alkanes of at least 4 members (excludes halogenated alkanes) is 1. The predicted molar refractivity (Wildman–Crippen MR) is 63.4 cm³/mol. The molecule has 0 fully saturated rings. The van der Waals surface area contributed by atoms with Gasteiger partial charge in [-0.2, -0.15) is 0 Å². The highest BCUT2D eigenvalue weighted by molar-refractivity contribution is 7.91. The van der Waals surface area contributed by atoms with E-state index in [-0.39, 0.29) is 10.2 Å². The van der Waals surface area contributed by atoms with Gasteiger partial charge in [-0.05, 0) is 6.42 Å². The number of anilines is 1. The molecule has 3 N–H and O–H groups in total. The van der Waals surface area contributed by atoms with Crippen LogP contribution in [0.15, 0.2) is 9.72 Å². The highest BCUT2D eigenvalue weighted by atomic mass is 32.2. The zero-order valence-electron chi connectivity index (χ0n) is 9.17. The van der Waals surface area contributed by atoms with Gasteiger partial charge in [0.25, 0.3) is 10.0 Å². The Bertz CT molecular complexity index is 483. The summed E-state index contributed by atoms with van der Waals surface area (Å²) in [4.78, 5) is 14.8. The van der Waals surface area contributed by atoms with Crippen molar-refractivity contribution in [2.24, 2.45) is 5.14 Å². The second kappa shape index (κ2) is 5.94. The Morgan fingerprint density at radius 3 is 2.88 bits per heavy atom. The number of nitrogens with one attached hydrogen (secondary N) is 1. The normalized spacial score (nSPS) is 11.2. The largest absolute Gasteiger partial charge is 0.449 e. The van der Waals surface area contributed by atoms with Crippen molar-refractivity contribution in [3.63, 3.8) is 0 Å². The summed E-state index contributed by atoms with van der Waals surface area (Å²) in [5, 5.41) is 8.56. The van der Waals surface area contributed by atoms with Gasteiger partial charge in [0.1, 0.15) is 5.82 Å². The molecule has 0 aromatic carbocycles. The Morgan fingerprint density at radius 2 is 2.35 bits per heavy atom. The second-order valence-electron chi connectivity index (χ2n) is 3.16. The third-order valence-corrected chi connectivity index (χ3v) is 3.89. The monoisotopic (exact) mass is 279 g/mol. The Hall–Kier alpha value is -1.19. The van der Waals surface area contributed by atoms with Gasteiger partial charge in [0.2, 0.25) is 4.34 Å². The third kappa shape index (κ3) is 4.67. The van der Waals surface area contributed by atoms with Gasteiger partial charge < -0.3 is 4.74 Å². The molecule has 0 aliphatic heterocycles. The average molecular weight is 279 g/mol. The maximum atomic E-state index is 11.2. The van der Waals surface area contributed by atoms with E-state index in [4.69, 9.17) is 9.88 Å². The summed E-state index contributed by atoms with van der Waals surface area (Å²) in [5.41, 5.74) is 0. The molecule has 0 saturated heterocycles. The molecule has 17 heavy (non-hydrogen) atoms. The number of rotatable bonds is 5. The molecule has 9 heteroatoms. The molecule has 0 saturated carbocycles. The van der Waals surface area contributed by atoms with Crippen LogP contribution in [0.5, 0.6) is 0 Å². The van der Waals surface area contributed by atoms with Gasteiger partial charge in [-0.1, -0.05) is 13.3 Å². The lowest BCUT2D eigenvalue weighted by molar-refractivity contribution is 0.160. The number of thiazole rings is 1. The van der Waals surface area contributed by atoms with Crippen molar-refractivity contribution in [2.45, 2.75) is 24.1 Å². The summed E-state index contributed by atoms with van der Waals surface area (Å²) in [6.07, 6.45) is 1.02. The summed E-state index contributed by atoms with van der Waals surface area (Å²) in [6, 6.07) is 0. The van der Waals surface area contributed by atoms with E-state index < -0.39 is 16.1 Å². The topological polar surface area (TPSA) is 111 Å². The summed E-state index contributed by atoms with van der Waals surface area (Å²) < 4.78 is 26.4. The number of hydrogen-bond donors (Lipinski definition) is 2. The van der Waals surface area contributed by atoms with E-state index in [1.54, 1.807) is 0 Å². The number of ether oxygens (including phenoxy) is 1. The Labute approximate surface area is 103 Å². The molecule has 0 unspecified atom stereocenters. The molecular formula is C8H13N3O4S2. The molecule has 0 spiro atoms. The number of hydrogen-bond acceptors (Lipinski definition) is 6. The van der Waals surface area contributed by atoms with Crippen molar-refractivity contribution >= 4 is 33.3 Å². The van der Waals surface area contributed by atoms with Crippen LogP contribution in [-0.4, -0.2) is 26.1 Å².